The standard InChI is InChI=1S/C16H24N2OS/c1-12-5-8-14(18-12)11-17-20(19)15-9-6-13(7-10-15)16(2,3)4/h6-7,9-12,17-18H,5,8H2,1-4H3/b14-11+. The maximum atomic E-state index is 12.2. The number of benzene rings is 1. The van der Waals surface area contributed by atoms with E-state index in [2.05, 4.69) is 49.9 Å². The molecule has 1 aromatic rings. The van der Waals surface area contributed by atoms with E-state index < -0.39 is 11.0 Å². The highest BCUT2D eigenvalue weighted by atomic mass is 32.2. The lowest BCUT2D eigenvalue weighted by Crippen LogP contribution is -2.18. The number of nitrogens with one attached hydrogen (secondary N) is 2. The average molecular weight is 292 g/mol. The van der Waals surface area contributed by atoms with Crippen LogP contribution < -0.4 is 10.0 Å². The first-order valence-corrected chi connectivity index (χ1v) is 8.25. The molecule has 0 aromatic heterocycles. The van der Waals surface area contributed by atoms with Crippen molar-refractivity contribution in [2.24, 2.45) is 0 Å². The SMILES string of the molecule is CC1CC/C(=C\NS(=O)c2ccc(C(C)(C)C)cc2)N1. The Labute approximate surface area is 124 Å². The van der Waals surface area contributed by atoms with Gasteiger partial charge in [0.1, 0.15) is 11.0 Å². The Kier molecular flexibility index (Phi) is 4.53. The Morgan fingerprint density at radius 3 is 2.45 bits per heavy atom. The van der Waals surface area contributed by atoms with Crippen molar-refractivity contribution >= 4 is 11.0 Å². The minimum absolute atomic E-state index is 0.124. The van der Waals surface area contributed by atoms with Crippen molar-refractivity contribution < 1.29 is 4.21 Å². The van der Waals surface area contributed by atoms with Gasteiger partial charge in [0.05, 0.1) is 4.90 Å². The van der Waals surface area contributed by atoms with E-state index in [1.165, 1.54) is 5.56 Å². The average Bonchev–Trinajstić information content (AvgIpc) is 2.81. The molecule has 3 nitrogen and oxygen atoms in total. The van der Waals surface area contributed by atoms with Crippen LogP contribution in [0.2, 0.25) is 0 Å². The molecule has 2 rings (SSSR count). The summed E-state index contributed by atoms with van der Waals surface area (Å²) >= 11 is 0. The van der Waals surface area contributed by atoms with Gasteiger partial charge >= 0.3 is 0 Å². The van der Waals surface area contributed by atoms with Crippen LogP contribution in [0.1, 0.15) is 46.1 Å². The van der Waals surface area contributed by atoms with Crippen LogP contribution in [0.4, 0.5) is 0 Å². The van der Waals surface area contributed by atoms with E-state index in [9.17, 15) is 4.21 Å². The summed E-state index contributed by atoms with van der Waals surface area (Å²) in [6.45, 7) is 8.68. The monoisotopic (exact) mass is 292 g/mol. The molecule has 0 saturated carbocycles. The maximum Gasteiger partial charge on any atom is 0.149 e. The molecule has 4 heteroatoms. The predicted octanol–water partition coefficient (Wildman–Crippen LogP) is 3.21. The van der Waals surface area contributed by atoms with Crippen molar-refractivity contribution in [1.29, 1.82) is 0 Å². The Balaban J connectivity index is 1.99. The fraction of sp³-hybridized carbons (Fsp3) is 0.500. The molecular formula is C16H24N2OS. The topological polar surface area (TPSA) is 41.1 Å². The number of allylic oxidation sites excluding steroid dienone is 1. The van der Waals surface area contributed by atoms with Gasteiger partial charge in [-0.2, -0.15) is 0 Å². The van der Waals surface area contributed by atoms with Crippen molar-refractivity contribution in [3.63, 3.8) is 0 Å². The molecule has 2 atom stereocenters. The van der Waals surface area contributed by atoms with Gasteiger partial charge in [-0.15, -0.1) is 0 Å². The van der Waals surface area contributed by atoms with E-state index in [-0.39, 0.29) is 5.41 Å². The molecular weight excluding hydrogens is 268 g/mol. The van der Waals surface area contributed by atoms with Crippen LogP contribution in [0.15, 0.2) is 41.1 Å². The first kappa shape index (κ1) is 15.1. The molecule has 20 heavy (non-hydrogen) atoms. The number of hydrogen-bond acceptors (Lipinski definition) is 2. The third kappa shape index (κ3) is 3.85. The van der Waals surface area contributed by atoms with E-state index in [1.54, 1.807) is 0 Å². The van der Waals surface area contributed by atoms with Gasteiger partial charge < -0.3 is 10.0 Å². The van der Waals surface area contributed by atoms with Crippen molar-refractivity contribution in [2.75, 3.05) is 0 Å². The van der Waals surface area contributed by atoms with E-state index in [0.29, 0.717) is 6.04 Å². The summed E-state index contributed by atoms with van der Waals surface area (Å²) in [6, 6.07) is 8.50. The van der Waals surface area contributed by atoms with Crippen molar-refractivity contribution in [3.8, 4) is 0 Å². The summed E-state index contributed by atoms with van der Waals surface area (Å²) in [5.41, 5.74) is 2.51. The van der Waals surface area contributed by atoms with E-state index in [4.69, 9.17) is 0 Å². The highest BCUT2D eigenvalue weighted by molar-refractivity contribution is 7.83. The van der Waals surface area contributed by atoms with Crippen molar-refractivity contribution in [1.82, 2.24) is 10.0 Å². The number of rotatable bonds is 3. The minimum Gasteiger partial charge on any atom is -0.385 e. The summed E-state index contributed by atoms with van der Waals surface area (Å²) in [7, 11) is -1.19. The quantitative estimate of drug-likeness (QED) is 0.898. The molecule has 1 saturated heterocycles. The molecule has 0 bridgehead atoms. The summed E-state index contributed by atoms with van der Waals surface area (Å²) in [5.74, 6) is 0. The first-order valence-electron chi connectivity index (χ1n) is 7.10. The van der Waals surface area contributed by atoms with Crippen molar-refractivity contribution in [2.45, 2.75) is 56.9 Å². The largest absolute Gasteiger partial charge is 0.385 e. The summed E-state index contributed by atoms with van der Waals surface area (Å²) in [6.07, 6.45) is 4.01. The third-order valence-corrected chi connectivity index (χ3v) is 4.59. The normalized spacial score (nSPS) is 22.6. The second-order valence-electron chi connectivity index (χ2n) is 6.41. The van der Waals surface area contributed by atoms with Crippen LogP contribution in [0.25, 0.3) is 0 Å². The molecule has 1 fully saturated rings. The van der Waals surface area contributed by atoms with Gasteiger partial charge in [0.15, 0.2) is 0 Å². The molecule has 1 aliphatic rings. The van der Waals surface area contributed by atoms with Gasteiger partial charge in [-0.05, 0) is 42.9 Å². The van der Waals surface area contributed by atoms with Gasteiger partial charge in [-0.3, -0.25) is 0 Å². The van der Waals surface area contributed by atoms with E-state index in [0.717, 1.165) is 23.4 Å². The molecule has 0 amide bonds. The fourth-order valence-electron chi connectivity index (χ4n) is 2.22. The van der Waals surface area contributed by atoms with Crippen molar-refractivity contribution in [3.05, 3.63) is 41.7 Å². The Morgan fingerprint density at radius 1 is 1.30 bits per heavy atom. The zero-order valence-electron chi connectivity index (χ0n) is 12.7. The van der Waals surface area contributed by atoms with Crippen LogP contribution >= 0.6 is 0 Å². The van der Waals surface area contributed by atoms with Gasteiger partial charge in [0.25, 0.3) is 0 Å². The van der Waals surface area contributed by atoms with Crippen LogP contribution in [0, 0.1) is 0 Å². The zero-order chi connectivity index (χ0) is 14.8. The molecule has 0 spiro atoms. The van der Waals surface area contributed by atoms with E-state index in [1.807, 2.05) is 18.3 Å². The zero-order valence-corrected chi connectivity index (χ0v) is 13.5. The van der Waals surface area contributed by atoms with Crippen LogP contribution in [-0.2, 0) is 16.4 Å². The molecule has 0 radical (unpaired) electrons. The van der Waals surface area contributed by atoms with Gasteiger partial charge in [-0.1, -0.05) is 32.9 Å². The lowest BCUT2D eigenvalue weighted by atomic mass is 9.87. The molecule has 0 aliphatic carbocycles. The van der Waals surface area contributed by atoms with Crippen LogP contribution in [-0.4, -0.2) is 10.3 Å². The van der Waals surface area contributed by atoms with Crippen LogP contribution in [0.5, 0.6) is 0 Å². The third-order valence-electron chi connectivity index (χ3n) is 3.55. The first-order chi connectivity index (χ1) is 9.36. The van der Waals surface area contributed by atoms with Gasteiger partial charge in [-0.25, -0.2) is 4.21 Å². The Hall–Kier alpha value is -1.29. The lowest BCUT2D eigenvalue weighted by molar-refractivity contribution is 0.589. The molecule has 2 N–H and O–H groups in total. The second-order valence-corrected chi connectivity index (χ2v) is 7.66. The number of hydrogen-bond donors (Lipinski definition) is 2. The molecule has 1 aromatic carbocycles. The molecule has 2 unspecified atom stereocenters. The smallest absolute Gasteiger partial charge is 0.149 e. The second kappa shape index (κ2) is 6.00. The lowest BCUT2D eigenvalue weighted by Gasteiger charge is -2.19. The molecule has 110 valence electrons. The van der Waals surface area contributed by atoms with Gasteiger partial charge in [0.2, 0.25) is 0 Å². The summed E-state index contributed by atoms with van der Waals surface area (Å²) < 4.78 is 15.1. The van der Waals surface area contributed by atoms with E-state index >= 15 is 0 Å². The molecule has 1 heterocycles. The summed E-state index contributed by atoms with van der Waals surface area (Å²) in [5, 5.41) is 3.35. The maximum absolute atomic E-state index is 12.2. The Bertz CT molecular complexity index is 514. The summed E-state index contributed by atoms with van der Waals surface area (Å²) in [4.78, 5) is 0.806. The minimum atomic E-state index is -1.19. The fourth-order valence-corrected chi connectivity index (χ4v) is 2.99. The van der Waals surface area contributed by atoms with Crippen LogP contribution in [0.3, 0.4) is 0 Å². The molecule has 1 aliphatic heterocycles. The Morgan fingerprint density at radius 2 is 1.95 bits per heavy atom. The predicted molar refractivity (Wildman–Crippen MR) is 84.6 cm³/mol. The van der Waals surface area contributed by atoms with Gasteiger partial charge in [0, 0.05) is 17.9 Å². The highest BCUT2D eigenvalue weighted by Crippen LogP contribution is 2.22. The highest BCUT2D eigenvalue weighted by Gasteiger charge is 2.15.